The first-order valence-corrected chi connectivity index (χ1v) is 7.80. The standard InChI is InChI=1S/C18H11BrO4/c19-13-7-11(8-17-18(13)22-10-21-17)5-6-14(20)16-9-12-3-1-2-4-15(12)23-16/h1-9H,10H2/b6-5+. The van der Waals surface area contributed by atoms with Gasteiger partial charge in [-0.1, -0.05) is 24.3 Å². The maximum atomic E-state index is 12.3. The zero-order valence-electron chi connectivity index (χ0n) is 11.9. The van der Waals surface area contributed by atoms with Gasteiger partial charge >= 0.3 is 0 Å². The van der Waals surface area contributed by atoms with Crippen LogP contribution in [-0.4, -0.2) is 12.6 Å². The summed E-state index contributed by atoms with van der Waals surface area (Å²) in [4.78, 5) is 12.3. The quantitative estimate of drug-likeness (QED) is 0.489. The second-order valence-corrected chi connectivity index (χ2v) is 5.94. The van der Waals surface area contributed by atoms with Crippen molar-refractivity contribution in [1.29, 1.82) is 0 Å². The number of carbonyl (C=O) groups excluding carboxylic acids is 1. The minimum Gasteiger partial charge on any atom is -0.454 e. The maximum absolute atomic E-state index is 12.3. The molecular formula is C18H11BrO4. The van der Waals surface area contributed by atoms with E-state index in [-0.39, 0.29) is 12.6 Å². The molecule has 114 valence electrons. The molecule has 4 nitrogen and oxygen atoms in total. The molecule has 0 saturated heterocycles. The van der Waals surface area contributed by atoms with Crippen molar-refractivity contribution >= 4 is 38.8 Å². The van der Waals surface area contributed by atoms with Crippen LogP contribution >= 0.6 is 15.9 Å². The number of hydrogen-bond acceptors (Lipinski definition) is 4. The predicted octanol–water partition coefficient (Wildman–Crippen LogP) is 4.82. The molecule has 0 N–H and O–H groups in total. The summed E-state index contributed by atoms with van der Waals surface area (Å²) in [6, 6.07) is 13.0. The van der Waals surface area contributed by atoms with Gasteiger partial charge in [0.25, 0.3) is 0 Å². The highest BCUT2D eigenvalue weighted by molar-refractivity contribution is 9.10. The monoisotopic (exact) mass is 370 g/mol. The SMILES string of the molecule is O=C(/C=C/c1cc(Br)c2c(c1)OCO2)c1cc2ccccc2o1. The van der Waals surface area contributed by atoms with Crippen molar-refractivity contribution in [2.75, 3.05) is 6.79 Å². The lowest BCUT2D eigenvalue weighted by atomic mass is 10.1. The Labute approximate surface area is 140 Å². The van der Waals surface area contributed by atoms with E-state index < -0.39 is 0 Å². The summed E-state index contributed by atoms with van der Waals surface area (Å²) in [5.41, 5.74) is 1.54. The van der Waals surface area contributed by atoms with E-state index in [0.29, 0.717) is 22.8 Å². The summed E-state index contributed by atoms with van der Waals surface area (Å²) in [6.45, 7) is 0.207. The molecule has 0 radical (unpaired) electrons. The van der Waals surface area contributed by atoms with E-state index >= 15 is 0 Å². The Hall–Kier alpha value is -2.53. The molecule has 1 aliphatic rings. The molecule has 1 aromatic heterocycles. The summed E-state index contributed by atoms with van der Waals surface area (Å²) in [7, 11) is 0. The van der Waals surface area contributed by atoms with Gasteiger partial charge in [0, 0.05) is 5.39 Å². The van der Waals surface area contributed by atoms with Gasteiger partial charge in [-0.3, -0.25) is 4.79 Å². The number of carbonyl (C=O) groups is 1. The van der Waals surface area contributed by atoms with Crippen LogP contribution in [0.25, 0.3) is 17.0 Å². The third-order valence-corrected chi connectivity index (χ3v) is 4.13. The van der Waals surface area contributed by atoms with Gasteiger partial charge in [-0.05, 0) is 51.8 Å². The number of rotatable bonds is 3. The number of benzene rings is 2. The van der Waals surface area contributed by atoms with Gasteiger partial charge in [0.05, 0.1) is 4.47 Å². The third-order valence-electron chi connectivity index (χ3n) is 3.55. The fourth-order valence-electron chi connectivity index (χ4n) is 2.44. The van der Waals surface area contributed by atoms with E-state index in [2.05, 4.69) is 15.9 Å². The van der Waals surface area contributed by atoms with Crippen molar-refractivity contribution in [3.63, 3.8) is 0 Å². The molecule has 5 heteroatoms. The van der Waals surface area contributed by atoms with E-state index in [1.165, 1.54) is 6.08 Å². The largest absolute Gasteiger partial charge is 0.454 e. The minimum absolute atomic E-state index is 0.185. The Bertz CT molecular complexity index is 906. The number of furan rings is 1. The molecule has 0 bridgehead atoms. The Balaban J connectivity index is 1.61. The van der Waals surface area contributed by atoms with E-state index in [1.807, 2.05) is 36.4 Å². The lowest BCUT2D eigenvalue weighted by Gasteiger charge is -2.01. The number of halogens is 1. The lowest BCUT2D eigenvalue weighted by molar-refractivity contribution is 0.102. The van der Waals surface area contributed by atoms with E-state index in [1.54, 1.807) is 12.1 Å². The molecule has 1 aliphatic heterocycles. The second-order valence-electron chi connectivity index (χ2n) is 5.08. The first-order chi connectivity index (χ1) is 11.2. The average molecular weight is 371 g/mol. The zero-order chi connectivity index (χ0) is 15.8. The molecule has 0 aliphatic carbocycles. The summed E-state index contributed by atoms with van der Waals surface area (Å²) < 4.78 is 17.1. The van der Waals surface area contributed by atoms with Gasteiger partial charge in [0.15, 0.2) is 17.3 Å². The van der Waals surface area contributed by atoms with Crippen molar-refractivity contribution < 1.29 is 18.7 Å². The molecule has 2 aromatic carbocycles. The van der Waals surface area contributed by atoms with Gasteiger partial charge in [-0.25, -0.2) is 0 Å². The zero-order valence-corrected chi connectivity index (χ0v) is 13.5. The summed E-state index contributed by atoms with van der Waals surface area (Å²) in [6.07, 6.45) is 3.21. The summed E-state index contributed by atoms with van der Waals surface area (Å²) >= 11 is 3.43. The van der Waals surface area contributed by atoms with Crippen LogP contribution in [0.5, 0.6) is 11.5 Å². The van der Waals surface area contributed by atoms with Crippen LogP contribution in [0.15, 0.2) is 57.4 Å². The molecule has 0 saturated carbocycles. The minimum atomic E-state index is -0.185. The normalized spacial score (nSPS) is 13.1. The Morgan fingerprint density at radius 3 is 2.87 bits per heavy atom. The fourth-order valence-corrected chi connectivity index (χ4v) is 3.02. The predicted molar refractivity (Wildman–Crippen MR) is 89.8 cm³/mol. The van der Waals surface area contributed by atoms with Crippen LogP contribution in [0.2, 0.25) is 0 Å². The molecule has 0 fully saturated rings. The third kappa shape index (κ3) is 2.64. The van der Waals surface area contributed by atoms with Crippen LogP contribution in [0.4, 0.5) is 0 Å². The Kier molecular flexibility index (Phi) is 3.42. The molecule has 2 heterocycles. The molecule has 0 atom stereocenters. The molecule has 4 rings (SSSR count). The molecule has 0 spiro atoms. The highest BCUT2D eigenvalue weighted by Gasteiger charge is 2.17. The van der Waals surface area contributed by atoms with Crippen molar-refractivity contribution in [3.8, 4) is 11.5 Å². The first-order valence-electron chi connectivity index (χ1n) is 7.01. The van der Waals surface area contributed by atoms with Crippen LogP contribution < -0.4 is 9.47 Å². The number of fused-ring (bicyclic) bond motifs is 2. The molecule has 0 unspecified atom stereocenters. The first kappa shape index (κ1) is 14.1. The topological polar surface area (TPSA) is 48.7 Å². The van der Waals surface area contributed by atoms with E-state index in [9.17, 15) is 4.79 Å². The lowest BCUT2D eigenvalue weighted by Crippen LogP contribution is -1.93. The molecular weight excluding hydrogens is 360 g/mol. The van der Waals surface area contributed by atoms with E-state index in [4.69, 9.17) is 13.9 Å². The number of ketones is 1. The second kappa shape index (κ2) is 5.59. The number of para-hydroxylation sites is 1. The Morgan fingerprint density at radius 2 is 2.00 bits per heavy atom. The van der Waals surface area contributed by atoms with Crippen molar-refractivity contribution in [3.05, 3.63) is 64.3 Å². The van der Waals surface area contributed by atoms with Gasteiger partial charge in [0.2, 0.25) is 12.6 Å². The van der Waals surface area contributed by atoms with Crippen molar-refractivity contribution in [1.82, 2.24) is 0 Å². The van der Waals surface area contributed by atoms with E-state index in [0.717, 1.165) is 15.4 Å². The van der Waals surface area contributed by atoms with Crippen molar-refractivity contribution in [2.45, 2.75) is 0 Å². The van der Waals surface area contributed by atoms with Crippen LogP contribution in [-0.2, 0) is 0 Å². The number of allylic oxidation sites excluding steroid dienone is 1. The van der Waals surface area contributed by atoms with Crippen LogP contribution in [0.1, 0.15) is 16.1 Å². The summed E-state index contributed by atoms with van der Waals surface area (Å²) in [5.74, 6) is 1.48. The van der Waals surface area contributed by atoms with Crippen molar-refractivity contribution in [2.24, 2.45) is 0 Å². The van der Waals surface area contributed by atoms with Gasteiger partial charge in [-0.2, -0.15) is 0 Å². The van der Waals surface area contributed by atoms with Crippen LogP contribution in [0, 0.1) is 0 Å². The Morgan fingerprint density at radius 1 is 1.13 bits per heavy atom. The summed E-state index contributed by atoms with van der Waals surface area (Å²) in [5, 5.41) is 0.912. The highest BCUT2D eigenvalue weighted by Crippen LogP contribution is 2.40. The van der Waals surface area contributed by atoms with Gasteiger partial charge in [0.1, 0.15) is 5.58 Å². The molecule has 0 amide bonds. The smallest absolute Gasteiger partial charge is 0.231 e. The van der Waals surface area contributed by atoms with Gasteiger partial charge in [-0.15, -0.1) is 0 Å². The average Bonchev–Trinajstić information content (AvgIpc) is 3.19. The molecule has 23 heavy (non-hydrogen) atoms. The number of ether oxygens (including phenoxy) is 2. The fraction of sp³-hybridized carbons (Fsp3) is 0.0556. The number of hydrogen-bond donors (Lipinski definition) is 0. The van der Waals surface area contributed by atoms with Crippen LogP contribution in [0.3, 0.4) is 0 Å². The molecule has 3 aromatic rings. The maximum Gasteiger partial charge on any atom is 0.231 e. The highest BCUT2D eigenvalue weighted by atomic mass is 79.9. The van der Waals surface area contributed by atoms with Gasteiger partial charge < -0.3 is 13.9 Å².